The van der Waals surface area contributed by atoms with Gasteiger partial charge >= 0.3 is 0 Å². The molecule has 0 aliphatic carbocycles. The molecule has 0 bridgehead atoms. The third kappa shape index (κ3) is 5.71. The maximum Gasteiger partial charge on any atom is 0.279 e. The quantitative estimate of drug-likeness (QED) is 0.695. The summed E-state index contributed by atoms with van der Waals surface area (Å²) in [4.78, 5) is 13.9. The number of sulfonamides is 1. The molecule has 0 atom stereocenters. The first-order valence-electron chi connectivity index (χ1n) is 10.8. The minimum atomic E-state index is -3.65. The zero-order valence-corrected chi connectivity index (χ0v) is 18.4. The van der Waals surface area contributed by atoms with E-state index < -0.39 is 10.0 Å². The number of piperidine rings is 2. The van der Waals surface area contributed by atoms with E-state index >= 15 is 0 Å². The Morgan fingerprint density at radius 3 is 2.55 bits per heavy atom. The number of anilines is 1. The lowest BCUT2D eigenvalue weighted by atomic mass is 9.99. The number of carbonyl (C=O) groups excluding carboxylic acids is 1. The highest BCUT2D eigenvalue weighted by molar-refractivity contribution is 7.89. The molecule has 0 unspecified atom stereocenters. The van der Waals surface area contributed by atoms with Crippen LogP contribution in [-0.2, 0) is 14.8 Å². The first-order chi connectivity index (χ1) is 13.9. The summed E-state index contributed by atoms with van der Waals surface area (Å²) < 4.78 is 33.5. The lowest BCUT2D eigenvalue weighted by molar-refractivity contribution is -0.897. The molecule has 3 rings (SSSR count). The number of hydrogen-bond donors (Lipinski definition) is 2. The van der Waals surface area contributed by atoms with E-state index in [4.69, 9.17) is 4.74 Å². The smallest absolute Gasteiger partial charge is 0.279 e. The van der Waals surface area contributed by atoms with Crippen molar-refractivity contribution in [3.8, 4) is 5.75 Å². The molecule has 2 heterocycles. The molecule has 0 radical (unpaired) electrons. The van der Waals surface area contributed by atoms with Crippen LogP contribution < -0.4 is 15.0 Å². The summed E-state index contributed by atoms with van der Waals surface area (Å²) >= 11 is 0. The van der Waals surface area contributed by atoms with Gasteiger partial charge in [0.05, 0.1) is 19.7 Å². The molecule has 0 aromatic heterocycles. The summed E-state index contributed by atoms with van der Waals surface area (Å²) in [6.45, 7) is 7.94. The number of ether oxygens (including phenoxy) is 1. The van der Waals surface area contributed by atoms with Crippen LogP contribution in [0.4, 0.5) is 5.69 Å². The van der Waals surface area contributed by atoms with Crippen molar-refractivity contribution in [1.29, 1.82) is 0 Å². The summed E-state index contributed by atoms with van der Waals surface area (Å²) in [6.07, 6.45) is 5.08. The van der Waals surface area contributed by atoms with E-state index in [2.05, 4.69) is 12.2 Å². The molecule has 2 N–H and O–H groups in total. The zero-order chi connectivity index (χ0) is 20.9. The number of likely N-dealkylation sites (tertiary alicyclic amines) is 1. The fourth-order valence-corrected chi connectivity index (χ4v) is 5.76. The molecule has 8 heteroatoms. The van der Waals surface area contributed by atoms with Crippen molar-refractivity contribution in [3.05, 3.63) is 18.2 Å². The molecule has 0 spiro atoms. The number of rotatable bonds is 7. The van der Waals surface area contributed by atoms with Crippen molar-refractivity contribution in [1.82, 2.24) is 4.31 Å². The van der Waals surface area contributed by atoms with Crippen LogP contribution in [0.5, 0.6) is 5.75 Å². The molecule has 29 heavy (non-hydrogen) atoms. The molecule has 162 valence electrons. The second-order valence-electron chi connectivity index (χ2n) is 8.22. The molecule has 1 amide bonds. The Balaban J connectivity index is 1.74. The van der Waals surface area contributed by atoms with Gasteiger partial charge in [-0.15, -0.1) is 0 Å². The van der Waals surface area contributed by atoms with Crippen LogP contribution in [0.2, 0.25) is 0 Å². The minimum absolute atomic E-state index is 0.0833. The molecule has 2 saturated heterocycles. The molecule has 1 aromatic rings. The Kier molecular flexibility index (Phi) is 7.54. The van der Waals surface area contributed by atoms with Gasteiger partial charge in [-0.05, 0) is 56.7 Å². The standard InChI is InChI=1S/C21H33N3O4S/c1-3-28-19-8-7-18(22-21(25)16-23-13-9-17(2)10-14-23)15-20(19)29(26,27)24-11-5-4-6-12-24/h7-8,15,17H,3-6,9-14,16H2,1-2H3,(H,22,25)/p+1. The Hall–Kier alpha value is -1.64. The fourth-order valence-electron chi connectivity index (χ4n) is 4.09. The van der Waals surface area contributed by atoms with Gasteiger partial charge in [-0.1, -0.05) is 13.3 Å². The largest absolute Gasteiger partial charge is 0.492 e. The van der Waals surface area contributed by atoms with Crippen LogP contribution in [0.15, 0.2) is 23.1 Å². The van der Waals surface area contributed by atoms with Crippen molar-refractivity contribution in [2.45, 2.75) is 50.8 Å². The van der Waals surface area contributed by atoms with Crippen molar-refractivity contribution in [2.75, 3.05) is 44.6 Å². The van der Waals surface area contributed by atoms with Gasteiger partial charge in [0.1, 0.15) is 10.6 Å². The van der Waals surface area contributed by atoms with E-state index in [1.165, 1.54) is 9.21 Å². The summed E-state index contributed by atoms with van der Waals surface area (Å²) in [6, 6.07) is 4.90. The summed E-state index contributed by atoms with van der Waals surface area (Å²) in [5, 5.41) is 2.89. The topological polar surface area (TPSA) is 80.1 Å². The molecule has 2 fully saturated rings. The molecule has 1 aromatic carbocycles. The third-order valence-corrected chi connectivity index (χ3v) is 7.77. The van der Waals surface area contributed by atoms with Gasteiger partial charge in [0.15, 0.2) is 6.54 Å². The second kappa shape index (κ2) is 9.91. The SMILES string of the molecule is CCOc1ccc(NC(=O)C[NH+]2CCC(C)CC2)cc1S(=O)(=O)N1CCCCC1. The van der Waals surface area contributed by atoms with E-state index in [1.807, 2.05) is 6.92 Å². The number of quaternary nitrogens is 1. The zero-order valence-electron chi connectivity index (χ0n) is 17.6. The molecule has 2 aliphatic heterocycles. The van der Waals surface area contributed by atoms with Gasteiger partial charge in [-0.3, -0.25) is 4.79 Å². The van der Waals surface area contributed by atoms with Gasteiger partial charge in [0, 0.05) is 18.8 Å². The lowest BCUT2D eigenvalue weighted by Crippen LogP contribution is -3.14. The van der Waals surface area contributed by atoms with Crippen molar-refractivity contribution in [2.24, 2.45) is 5.92 Å². The summed E-state index contributed by atoms with van der Waals surface area (Å²) in [5.74, 6) is 0.988. The molecular formula is C21H34N3O4S+. The number of benzene rings is 1. The Bertz CT molecular complexity index is 798. The maximum atomic E-state index is 13.2. The number of nitrogens with one attached hydrogen (secondary N) is 2. The first kappa shape index (κ1) is 22.1. The van der Waals surface area contributed by atoms with Crippen LogP contribution in [0.1, 0.15) is 46.0 Å². The Labute approximate surface area is 174 Å². The predicted molar refractivity (Wildman–Crippen MR) is 113 cm³/mol. The number of hydrogen-bond acceptors (Lipinski definition) is 4. The normalized spacial score (nSPS) is 23.5. The van der Waals surface area contributed by atoms with E-state index in [9.17, 15) is 13.2 Å². The van der Waals surface area contributed by atoms with Crippen LogP contribution in [0.25, 0.3) is 0 Å². The maximum absolute atomic E-state index is 13.2. The van der Waals surface area contributed by atoms with Gasteiger partial charge < -0.3 is 15.0 Å². The highest BCUT2D eigenvalue weighted by Crippen LogP contribution is 2.31. The molecule has 0 saturated carbocycles. The average Bonchev–Trinajstić information content (AvgIpc) is 2.71. The number of carbonyl (C=O) groups is 1. The van der Waals surface area contributed by atoms with Crippen LogP contribution >= 0.6 is 0 Å². The predicted octanol–water partition coefficient (Wildman–Crippen LogP) is 1.51. The van der Waals surface area contributed by atoms with Crippen LogP contribution in [0, 0.1) is 5.92 Å². The van der Waals surface area contributed by atoms with Crippen LogP contribution in [0.3, 0.4) is 0 Å². The van der Waals surface area contributed by atoms with E-state index in [-0.39, 0.29) is 10.8 Å². The molecule has 7 nitrogen and oxygen atoms in total. The highest BCUT2D eigenvalue weighted by atomic mass is 32.2. The minimum Gasteiger partial charge on any atom is -0.492 e. The average molecular weight is 425 g/mol. The van der Waals surface area contributed by atoms with Gasteiger partial charge in [0.2, 0.25) is 10.0 Å². The van der Waals surface area contributed by atoms with Crippen molar-refractivity contribution < 1.29 is 22.8 Å². The van der Waals surface area contributed by atoms with Crippen molar-refractivity contribution in [3.63, 3.8) is 0 Å². The van der Waals surface area contributed by atoms with E-state index in [0.29, 0.717) is 37.7 Å². The number of amides is 1. The Morgan fingerprint density at radius 2 is 1.90 bits per heavy atom. The fraction of sp³-hybridized carbons (Fsp3) is 0.667. The van der Waals surface area contributed by atoms with Gasteiger partial charge in [0.25, 0.3) is 5.91 Å². The van der Waals surface area contributed by atoms with Crippen molar-refractivity contribution >= 4 is 21.6 Å². The Morgan fingerprint density at radius 1 is 1.21 bits per heavy atom. The van der Waals surface area contributed by atoms with E-state index in [1.54, 1.807) is 18.2 Å². The monoisotopic (exact) mass is 424 g/mol. The summed E-state index contributed by atoms with van der Waals surface area (Å²) in [7, 11) is -3.65. The van der Waals surface area contributed by atoms with E-state index in [0.717, 1.165) is 51.1 Å². The van der Waals surface area contributed by atoms with Gasteiger partial charge in [-0.2, -0.15) is 4.31 Å². The highest BCUT2D eigenvalue weighted by Gasteiger charge is 2.29. The molecular weight excluding hydrogens is 390 g/mol. The number of nitrogens with zero attached hydrogens (tertiary/aromatic N) is 1. The lowest BCUT2D eigenvalue weighted by Gasteiger charge is -2.27. The summed E-state index contributed by atoms with van der Waals surface area (Å²) in [5.41, 5.74) is 0.499. The third-order valence-electron chi connectivity index (χ3n) is 5.85. The van der Waals surface area contributed by atoms with Crippen LogP contribution in [-0.4, -0.2) is 58.0 Å². The molecule has 2 aliphatic rings. The van der Waals surface area contributed by atoms with Gasteiger partial charge in [-0.25, -0.2) is 8.42 Å². The first-order valence-corrected chi connectivity index (χ1v) is 12.2. The second-order valence-corrected chi connectivity index (χ2v) is 10.1.